The molecule has 0 saturated heterocycles. The summed E-state index contributed by atoms with van der Waals surface area (Å²) in [6.07, 6.45) is 0.904. The van der Waals surface area contributed by atoms with Crippen molar-refractivity contribution in [1.82, 2.24) is 16.2 Å². The van der Waals surface area contributed by atoms with Crippen molar-refractivity contribution in [2.24, 2.45) is 0 Å². The maximum Gasteiger partial charge on any atom is 0.189 e. The molecule has 7 heteroatoms. The Morgan fingerprint density at radius 3 is 2.59 bits per heavy atom. The van der Waals surface area contributed by atoms with Crippen LogP contribution in [0.15, 0.2) is 18.2 Å². The van der Waals surface area contributed by atoms with E-state index in [2.05, 4.69) is 41.4 Å². The average Bonchev–Trinajstić information content (AvgIpc) is 2.49. The summed E-state index contributed by atoms with van der Waals surface area (Å²) in [4.78, 5) is 0. The molecule has 0 bridgehead atoms. The number of anilines is 1. The molecule has 0 amide bonds. The molecule has 0 atom stereocenters. The van der Waals surface area contributed by atoms with Crippen molar-refractivity contribution in [3.05, 3.63) is 29.3 Å². The number of thiocarbonyl (C=S) groups is 2. The second kappa shape index (κ2) is 10.3. The smallest absolute Gasteiger partial charge is 0.189 e. The zero-order valence-corrected chi connectivity index (χ0v) is 14.9. The van der Waals surface area contributed by atoms with Crippen LogP contribution in [-0.2, 0) is 4.74 Å². The Morgan fingerprint density at radius 2 is 1.86 bits per heavy atom. The van der Waals surface area contributed by atoms with Crippen LogP contribution in [0.3, 0.4) is 0 Å². The first kappa shape index (κ1) is 18.6. The van der Waals surface area contributed by atoms with Crippen molar-refractivity contribution in [2.45, 2.75) is 27.2 Å². The summed E-state index contributed by atoms with van der Waals surface area (Å²) in [6, 6.07) is 6.04. The summed E-state index contributed by atoms with van der Waals surface area (Å²) >= 11 is 10.4. The van der Waals surface area contributed by atoms with Gasteiger partial charge in [-0.2, -0.15) is 0 Å². The zero-order chi connectivity index (χ0) is 16.4. The molecule has 1 rings (SSSR count). The largest absolute Gasteiger partial charge is 0.382 e. The molecule has 22 heavy (non-hydrogen) atoms. The fraction of sp³-hybridized carbons (Fsp3) is 0.467. The summed E-state index contributed by atoms with van der Waals surface area (Å²) in [5, 5.41) is 7.18. The fourth-order valence-electron chi connectivity index (χ4n) is 1.72. The Kier molecular flexibility index (Phi) is 8.72. The number of hydrogen-bond acceptors (Lipinski definition) is 3. The number of ether oxygens (including phenoxy) is 1. The summed E-state index contributed by atoms with van der Waals surface area (Å²) in [5.74, 6) is 0. The first-order valence-corrected chi connectivity index (χ1v) is 8.11. The molecule has 0 aliphatic heterocycles. The van der Waals surface area contributed by atoms with Gasteiger partial charge in [-0.25, -0.2) is 0 Å². The highest BCUT2D eigenvalue weighted by Gasteiger charge is 2.03. The number of aryl methyl sites for hydroxylation is 1. The minimum absolute atomic E-state index is 0.465. The highest BCUT2D eigenvalue weighted by atomic mass is 32.1. The van der Waals surface area contributed by atoms with Crippen molar-refractivity contribution in [2.75, 3.05) is 25.1 Å². The zero-order valence-electron chi connectivity index (χ0n) is 13.3. The second-order valence-electron chi connectivity index (χ2n) is 4.76. The highest BCUT2D eigenvalue weighted by molar-refractivity contribution is 7.80. The highest BCUT2D eigenvalue weighted by Crippen LogP contribution is 2.17. The molecule has 1 aromatic carbocycles. The molecular formula is C15H24N4OS2. The van der Waals surface area contributed by atoms with Gasteiger partial charge in [-0.3, -0.25) is 10.9 Å². The molecule has 0 aromatic heterocycles. The van der Waals surface area contributed by atoms with Crippen molar-refractivity contribution in [3.63, 3.8) is 0 Å². The molecular weight excluding hydrogens is 316 g/mol. The predicted molar refractivity (Wildman–Crippen MR) is 100 cm³/mol. The van der Waals surface area contributed by atoms with Crippen molar-refractivity contribution in [3.8, 4) is 0 Å². The van der Waals surface area contributed by atoms with E-state index in [1.165, 1.54) is 11.1 Å². The number of hydrogen-bond donors (Lipinski definition) is 4. The quantitative estimate of drug-likeness (QED) is 0.360. The molecule has 5 nitrogen and oxygen atoms in total. The van der Waals surface area contributed by atoms with Crippen LogP contribution in [0.4, 0.5) is 5.69 Å². The lowest BCUT2D eigenvalue weighted by atomic mass is 10.1. The van der Waals surface area contributed by atoms with Gasteiger partial charge in [0.2, 0.25) is 0 Å². The van der Waals surface area contributed by atoms with Crippen LogP contribution in [0.1, 0.15) is 24.5 Å². The molecule has 0 fully saturated rings. The Morgan fingerprint density at radius 1 is 1.14 bits per heavy atom. The lowest BCUT2D eigenvalue weighted by Gasteiger charge is -2.16. The van der Waals surface area contributed by atoms with Gasteiger partial charge in [0, 0.05) is 25.4 Å². The third kappa shape index (κ3) is 7.02. The van der Waals surface area contributed by atoms with E-state index in [9.17, 15) is 0 Å². The van der Waals surface area contributed by atoms with Gasteiger partial charge in [-0.05, 0) is 68.8 Å². The van der Waals surface area contributed by atoms with Crippen LogP contribution in [0.2, 0.25) is 0 Å². The van der Waals surface area contributed by atoms with Crippen molar-refractivity contribution >= 4 is 40.3 Å². The molecule has 4 N–H and O–H groups in total. The Bertz CT molecular complexity index is 508. The minimum atomic E-state index is 0.465. The van der Waals surface area contributed by atoms with Gasteiger partial charge in [-0.1, -0.05) is 12.1 Å². The van der Waals surface area contributed by atoms with Gasteiger partial charge in [0.25, 0.3) is 0 Å². The first-order chi connectivity index (χ1) is 10.5. The maximum atomic E-state index is 5.25. The van der Waals surface area contributed by atoms with Crippen LogP contribution < -0.4 is 21.5 Å². The second-order valence-corrected chi connectivity index (χ2v) is 5.57. The molecule has 0 saturated carbocycles. The molecule has 0 aliphatic rings. The van der Waals surface area contributed by atoms with E-state index in [0.29, 0.717) is 10.2 Å². The standard InChI is InChI=1S/C15H24N4OS2/c1-4-20-10-6-9-16-14(21)18-19-15(22)17-13-8-5-7-11(2)12(13)3/h5,7-8H,4,6,9-10H2,1-3H3,(H2,16,18,21)(H2,17,19,22). The lowest BCUT2D eigenvalue weighted by Crippen LogP contribution is -2.48. The van der Waals surface area contributed by atoms with Gasteiger partial charge in [0.05, 0.1) is 0 Å². The van der Waals surface area contributed by atoms with Crippen LogP contribution in [0.5, 0.6) is 0 Å². The van der Waals surface area contributed by atoms with Gasteiger partial charge in [-0.15, -0.1) is 0 Å². The maximum absolute atomic E-state index is 5.25. The Hall–Kier alpha value is -1.44. The van der Waals surface area contributed by atoms with E-state index in [-0.39, 0.29) is 0 Å². The summed E-state index contributed by atoms with van der Waals surface area (Å²) in [5.41, 5.74) is 9.08. The lowest BCUT2D eigenvalue weighted by molar-refractivity contribution is 0.145. The molecule has 122 valence electrons. The van der Waals surface area contributed by atoms with Crippen LogP contribution >= 0.6 is 24.4 Å². The van der Waals surface area contributed by atoms with Gasteiger partial charge in [0.15, 0.2) is 10.2 Å². The first-order valence-electron chi connectivity index (χ1n) is 7.29. The summed E-state index contributed by atoms with van der Waals surface area (Å²) < 4.78 is 5.25. The van der Waals surface area contributed by atoms with Crippen LogP contribution in [-0.4, -0.2) is 30.0 Å². The monoisotopic (exact) mass is 340 g/mol. The van der Waals surface area contributed by atoms with E-state index in [4.69, 9.17) is 29.2 Å². The molecule has 0 unspecified atom stereocenters. The third-order valence-electron chi connectivity index (χ3n) is 3.10. The fourth-order valence-corrected chi connectivity index (χ4v) is 2.03. The molecule has 0 aliphatic carbocycles. The number of benzene rings is 1. The summed E-state index contributed by atoms with van der Waals surface area (Å²) in [6.45, 7) is 8.32. The van der Waals surface area contributed by atoms with Crippen LogP contribution in [0.25, 0.3) is 0 Å². The van der Waals surface area contributed by atoms with Crippen molar-refractivity contribution < 1.29 is 4.74 Å². The van der Waals surface area contributed by atoms with Crippen LogP contribution in [0, 0.1) is 13.8 Å². The van der Waals surface area contributed by atoms with Gasteiger partial charge >= 0.3 is 0 Å². The number of hydrazine groups is 1. The normalized spacial score (nSPS) is 9.95. The van der Waals surface area contributed by atoms with Gasteiger partial charge < -0.3 is 15.4 Å². The number of nitrogens with one attached hydrogen (secondary N) is 4. The Labute approximate surface area is 143 Å². The van der Waals surface area contributed by atoms with E-state index in [0.717, 1.165) is 31.9 Å². The molecule has 0 radical (unpaired) electrons. The summed E-state index contributed by atoms with van der Waals surface area (Å²) in [7, 11) is 0. The third-order valence-corrected chi connectivity index (χ3v) is 3.55. The average molecular weight is 341 g/mol. The molecule has 1 aromatic rings. The Balaban J connectivity index is 2.25. The topological polar surface area (TPSA) is 57.4 Å². The van der Waals surface area contributed by atoms with E-state index in [1.807, 2.05) is 19.1 Å². The van der Waals surface area contributed by atoms with Gasteiger partial charge in [0.1, 0.15) is 0 Å². The molecule has 0 spiro atoms. The van der Waals surface area contributed by atoms with E-state index >= 15 is 0 Å². The minimum Gasteiger partial charge on any atom is -0.382 e. The van der Waals surface area contributed by atoms with Crippen molar-refractivity contribution in [1.29, 1.82) is 0 Å². The number of rotatable bonds is 6. The predicted octanol–water partition coefficient (Wildman–Crippen LogP) is 2.40. The SMILES string of the molecule is CCOCCCNC(=S)NNC(=S)Nc1cccc(C)c1C. The van der Waals surface area contributed by atoms with E-state index < -0.39 is 0 Å². The van der Waals surface area contributed by atoms with E-state index in [1.54, 1.807) is 0 Å². The molecule has 0 heterocycles.